The number of carbonyl (C=O) groups excluding carboxylic acids is 3. The van der Waals surface area contributed by atoms with Gasteiger partial charge in [-0.1, -0.05) is 24.3 Å². The number of rotatable bonds is 4. The first kappa shape index (κ1) is 19.6. The summed E-state index contributed by atoms with van der Waals surface area (Å²) < 4.78 is 0. The van der Waals surface area contributed by atoms with Crippen LogP contribution in [0.5, 0.6) is 0 Å². The zero-order valence-electron chi connectivity index (χ0n) is 16.2. The number of piperidine rings is 1. The Morgan fingerprint density at radius 3 is 2.21 bits per heavy atom. The number of benzene rings is 2. The minimum atomic E-state index is -0.158. The van der Waals surface area contributed by atoms with Gasteiger partial charge in [-0.25, -0.2) is 0 Å². The summed E-state index contributed by atoms with van der Waals surface area (Å²) in [6.07, 6.45) is 1.27. The number of nitrogens with one attached hydrogen (secondary N) is 2. The lowest BCUT2D eigenvalue weighted by atomic mass is 9.95. The Kier molecular flexibility index (Phi) is 6.09. The van der Waals surface area contributed by atoms with Gasteiger partial charge in [0.2, 0.25) is 11.8 Å². The lowest BCUT2D eigenvalue weighted by Crippen LogP contribution is -2.41. The molecule has 3 rings (SSSR count). The highest BCUT2D eigenvalue weighted by Gasteiger charge is 2.28. The lowest BCUT2D eigenvalue weighted by Gasteiger charge is -2.31. The predicted octanol–water partition coefficient (Wildman–Crippen LogP) is 3.44. The van der Waals surface area contributed by atoms with Crippen LogP contribution in [-0.2, 0) is 9.59 Å². The molecule has 0 unspecified atom stereocenters. The van der Waals surface area contributed by atoms with Crippen LogP contribution in [0.15, 0.2) is 48.5 Å². The van der Waals surface area contributed by atoms with Gasteiger partial charge in [0.25, 0.3) is 5.91 Å². The van der Waals surface area contributed by atoms with Gasteiger partial charge in [-0.05, 0) is 49.6 Å². The summed E-state index contributed by atoms with van der Waals surface area (Å²) in [5.74, 6) is -0.317. The van der Waals surface area contributed by atoms with E-state index in [2.05, 4.69) is 10.6 Å². The van der Waals surface area contributed by atoms with Crippen molar-refractivity contribution < 1.29 is 14.4 Å². The van der Waals surface area contributed by atoms with E-state index in [1.54, 1.807) is 24.3 Å². The van der Waals surface area contributed by atoms with Crippen LogP contribution >= 0.6 is 0 Å². The second-order valence-electron chi connectivity index (χ2n) is 7.13. The Bertz CT molecular complexity index is 886. The molecule has 0 atom stereocenters. The van der Waals surface area contributed by atoms with Gasteiger partial charge in [0.1, 0.15) is 0 Å². The molecule has 1 heterocycles. The van der Waals surface area contributed by atoms with Gasteiger partial charge in [-0.15, -0.1) is 0 Å². The minimum absolute atomic E-state index is 0.0277. The van der Waals surface area contributed by atoms with Crippen molar-refractivity contribution in [2.24, 2.45) is 5.92 Å². The van der Waals surface area contributed by atoms with Crippen LogP contribution in [-0.4, -0.2) is 35.7 Å². The van der Waals surface area contributed by atoms with Gasteiger partial charge in [-0.2, -0.15) is 0 Å². The largest absolute Gasteiger partial charge is 0.339 e. The number of likely N-dealkylation sites (tertiary alicyclic amines) is 1. The average molecular weight is 379 g/mol. The van der Waals surface area contributed by atoms with Crippen LogP contribution in [0.2, 0.25) is 0 Å². The number of anilines is 2. The number of amides is 3. The van der Waals surface area contributed by atoms with E-state index in [4.69, 9.17) is 0 Å². The Labute approximate surface area is 164 Å². The molecule has 2 N–H and O–H groups in total. The molecule has 3 amide bonds. The highest BCUT2D eigenvalue weighted by atomic mass is 16.2. The van der Waals surface area contributed by atoms with Crippen molar-refractivity contribution in [3.8, 4) is 0 Å². The Morgan fingerprint density at radius 1 is 0.929 bits per heavy atom. The molecule has 28 heavy (non-hydrogen) atoms. The molecular weight excluding hydrogens is 354 g/mol. The van der Waals surface area contributed by atoms with Crippen LogP contribution in [0.25, 0.3) is 0 Å². The van der Waals surface area contributed by atoms with E-state index in [1.165, 1.54) is 6.92 Å². The maximum Gasteiger partial charge on any atom is 0.254 e. The lowest BCUT2D eigenvalue weighted by molar-refractivity contribution is -0.121. The van der Waals surface area contributed by atoms with E-state index in [0.717, 1.165) is 11.1 Å². The molecule has 6 heteroatoms. The van der Waals surface area contributed by atoms with Crippen LogP contribution in [0.4, 0.5) is 11.4 Å². The molecule has 146 valence electrons. The predicted molar refractivity (Wildman–Crippen MR) is 109 cm³/mol. The van der Waals surface area contributed by atoms with E-state index in [1.807, 2.05) is 36.1 Å². The molecule has 0 aromatic heterocycles. The topological polar surface area (TPSA) is 78.5 Å². The Morgan fingerprint density at radius 2 is 1.57 bits per heavy atom. The third-order valence-corrected chi connectivity index (χ3v) is 4.98. The van der Waals surface area contributed by atoms with Crippen LogP contribution in [0.1, 0.15) is 35.7 Å². The molecule has 2 aromatic rings. The second kappa shape index (κ2) is 8.69. The van der Waals surface area contributed by atoms with Crippen molar-refractivity contribution in [1.82, 2.24) is 4.90 Å². The third kappa shape index (κ3) is 4.76. The first-order chi connectivity index (χ1) is 13.4. The summed E-state index contributed by atoms with van der Waals surface area (Å²) in [5.41, 5.74) is 2.98. The smallest absolute Gasteiger partial charge is 0.254 e. The summed E-state index contributed by atoms with van der Waals surface area (Å²) in [6.45, 7) is 4.51. The molecule has 1 aliphatic rings. The highest BCUT2D eigenvalue weighted by Crippen LogP contribution is 2.23. The summed E-state index contributed by atoms with van der Waals surface area (Å²) in [5, 5.41) is 5.62. The number of hydrogen-bond acceptors (Lipinski definition) is 3. The molecule has 0 bridgehead atoms. The van der Waals surface area contributed by atoms with E-state index in [0.29, 0.717) is 37.3 Å². The third-order valence-electron chi connectivity index (χ3n) is 4.98. The summed E-state index contributed by atoms with van der Waals surface area (Å²) >= 11 is 0. The van der Waals surface area contributed by atoms with E-state index >= 15 is 0 Å². The zero-order valence-corrected chi connectivity index (χ0v) is 16.2. The number of hydrogen-bond donors (Lipinski definition) is 2. The molecule has 1 fully saturated rings. The zero-order chi connectivity index (χ0) is 20.1. The summed E-state index contributed by atoms with van der Waals surface area (Å²) in [7, 11) is 0. The van der Waals surface area contributed by atoms with Crippen molar-refractivity contribution in [3.63, 3.8) is 0 Å². The molecule has 6 nitrogen and oxygen atoms in total. The molecule has 0 spiro atoms. The van der Waals surface area contributed by atoms with Gasteiger partial charge in [0.15, 0.2) is 0 Å². The average Bonchev–Trinajstić information content (AvgIpc) is 2.68. The number of nitrogens with zero attached hydrogens (tertiary/aromatic N) is 1. The van der Waals surface area contributed by atoms with Gasteiger partial charge in [0.05, 0.1) is 0 Å². The van der Waals surface area contributed by atoms with Crippen LogP contribution in [0, 0.1) is 12.8 Å². The maximum atomic E-state index is 12.7. The van der Waals surface area contributed by atoms with E-state index in [9.17, 15) is 14.4 Å². The monoisotopic (exact) mass is 379 g/mol. The SMILES string of the molecule is CC(=O)Nc1cccc(NC(=O)C2CCN(C(=O)c3ccccc3C)CC2)c1. The highest BCUT2D eigenvalue weighted by molar-refractivity contribution is 5.97. The quantitative estimate of drug-likeness (QED) is 0.854. The molecular formula is C22H25N3O3. The first-order valence-electron chi connectivity index (χ1n) is 9.47. The molecule has 2 aromatic carbocycles. The Hall–Kier alpha value is -3.15. The fourth-order valence-corrected chi connectivity index (χ4v) is 3.45. The Balaban J connectivity index is 1.56. The molecule has 1 aliphatic heterocycles. The molecule has 0 aliphatic carbocycles. The summed E-state index contributed by atoms with van der Waals surface area (Å²) in [4.78, 5) is 38.3. The van der Waals surface area contributed by atoms with Crippen LogP contribution in [0.3, 0.4) is 0 Å². The molecule has 1 saturated heterocycles. The second-order valence-corrected chi connectivity index (χ2v) is 7.13. The first-order valence-corrected chi connectivity index (χ1v) is 9.47. The maximum absolute atomic E-state index is 12.7. The standard InChI is InChI=1S/C22H25N3O3/c1-15-6-3-4-9-20(15)22(28)25-12-10-17(11-13-25)21(27)24-19-8-5-7-18(14-19)23-16(2)26/h3-9,14,17H,10-13H2,1-2H3,(H,23,26)(H,24,27). The van der Waals surface area contributed by atoms with Gasteiger partial charge < -0.3 is 15.5 Å². The fourth-order valence-electron chi connectivity index (χ4n) is 3.45. The molecule has 0 radical (unpaired) electrons. The fraction of sp³-hybridized carbons (Fsp3) is 0.318. The van der Waals surface area contributed by atoms with Crippen molar-refractivity contribution in [2.45, 2.75) is 26.7 Å². The van der Waals surface area contributed by atoms with Crippen molar-refractivity contribution in [2.75, 3.05) is 23.7 Å². The van der Waals surface area contributed by atoms with Crippen molar-refractivity contribution in [1.29, 1.82) is 0 Å². The van der Waals surface area contributed by atoms with Crippen molar-refractivity contribution in [3.05, 3.63) is 59.7 Å². The number of aryl methyl sites for hydroxylation is 1. The van der Waals surface area contributed by atoms with E-state index in [-0.39, 0.29) is 23.6 Å². The van der Waals surface area contributed by atoms with Gasteiger partial charge in [0, 0.05) is 42.9 Å². The summed E-state index contributed by atoms with van der Waals surface area (Å²) in [6, 6.07) is 14.6. The minimum Gasteiger partial charge on any atom is -0.339 e. The molecule has 0 saturated carbocycles. The van der Waals surface area contributed by atoms with Crippen molar-refractivity contribution >= 4 is 29.1 Å². The van der Waals surface area contributed by atoms with Gasteiger partial charge >= 0.3 is 0 Å². The normalized spacial score (nSPS) is 14.4. The van der Waals surface area contributed by atoms with Crippen LogP contribution < -0.4 is 10.6 Å². The van der Waals surface area contributed by atoms with E-state index < -0.39 is 0 Å². The van der Waals surface area contributed by atoms with Gasteiger partial charge in [-0.3, -0.25) is 14.4 Å². The number of carbonyl (C=O) groups is 3.